The molecule has 0 spiro atoms. The number of fused-ring (bicyclic) bond motifs is 2. The molecule has 1 aliphatic carbocycles. The van der Waals surface area contributed by atoms with Gasteiger partial charge in [0.05, 0.1) is 11.2 Å². The Bertz CT molecular complexity index is 534. The monoisotopic (exact) mass is 213 g/mol. The summed E-state index contributed by atoms with van der Waals surface area (Å²) in [7, 11) is 0. The van der Waals surface area contributed by atoms with Gasteiger partial charge in [0.15, 0.2) is 0 Å². The van der Waals surface area contributed by atoms with Crippen molar-refractivity contribution in [3.8, 4) is 0 Å². The zero-order chi connectivity index (χ0) is 11.0. The van der Waals surface area contributed by atoms with Crippen LogP contribution in [0.2, 0.25) is 0 Å². The Morgan fingerprint density at radius 3 is 2.81 bits per heavy atom. The summed E-state index contributed by atoms with van der Waals surface area (Å²) in [6.07, 6.45) is 4.64. The minimum atomic E-state index is 1.04. The molecule has 1 aliphatic rings. The van der Waals surface area contributed by atoms with E-state index in [0.29, 0.717) is 0 Å². The Hall–Kier alpha value is -1.61. The number of rotatable bonds is 1. The van der Waals surface area contributed by atoms with Crippen LogP contribution >= 0.6 is 0 Å². The van der Waals surface area contributed by atoms with Gasteiger partial charge in [-0.1, -0.05) is 18.2 Å². The second-order valence-corrected chi connectivity index (χ2v) is 4.28. The van der Waals surface area contributed by atoms with Crippen molar-refractivity contribution in [2.45, 2.75) is 25.7 Å². The molecule has 0 saturated carbocycles. The third kappa shape index (κ3) is 1.36. The van der Waals surface area contributed by atoms with Crippen LogP contribution in [0.4, 0.5) is 5.69 Å². The van der Waals surface area contributed by atoms with Crippen LogP contribution in [0.25, 0.3) is 10.9 Å². The molecule has 0 amide bonds. The Kier molecular flexibility index (Phi) is 2.26. The Labute approximate surface area is 94.6 Å². The Morgan fingerprint density at radius 2 is 1.94 bits per heavy atom. The van der Waals surface area contributed by atoms with E-state index in [9.17, 15) is 0 Å². The van der Waals surface area contributed by atoms with E-state index in [1.807, 2.05) is 18.2 Å². The number of anilines is 1. The standard InChI is InChI=1S/C13H15N3/c14-16-13-9-5-1-3-7-11(9)15-12-8-4-2-6-10(12)13/h1,3,5,7H,2,4,6,8,14H2,(H,15,16). The van der Waals surface area contributed by atoms with Crippen LogP contribution in [0.5, 0.6) is 0 Å². The number of nitrogens with zero attached hydrogens (tertiary/aromatic N) is 1. The molecule has 1 heterocycles. The minimum Gasteiger partial charge on any atom is -0.323 e. The van der Waals surface area contributed by atoms with Gasteiger partial charge in [-0.3, -0.25) is 10.8 Å². The summed E-state index contributed by atoms with van der Waals surface area (Å²) in [6, 6.07) is 8.17. The first kappa shape index (κ1) is 9.60. The predicted molar refractivity (Wildman–Crippen MR) is 66.2 cm³/mol. The van der Waals surface area contributed by atoms with E-state index < -0.39 is 0 Å². The molecule has 3 N–H and O–H groups in total. The first-order valence-corrected chi connectivity index (χ1v) is 5.77. The van der Waals surface area contributed by atoms with Gasteiger partial charge in [-0.2, -0.15) is 0 Å². The number of para-hydroxylation sites is 1. The summed E-state index contributed by atoms with van der Waals surface area (Å²) in [5.41, 5.74) is 7.50. The van der Waals surface area contributed by atoms with E-state index in [-0.39, 0.29) is 0 Å². The van der Waals surface area contributed by atoms with Gasteiger partial charge in [-0.05, 0) is 37.3 Å². The van der Waals surface area contributed by atoms with Gasteiger partial charge in [0.25, 0.3) is 0 Å². The number of hydrazine groups is 1. The van der Waals surface area contributed by atoms with Crippen LogP contribution in [-0.2, 0) is 12.8 Å². The Morgan fingerprint density at radius 1 is 1.12 bits per heavy atom. The normalized spacial score (nSPS) is 14.8. The van der Waals surface area contributed by atoms with Crippen molar-refractivity contribution in [3.05, 3.63) is 35.5 Å². The van der Waals surface area contributed by atoms with Gasteiger partial charge in [-0.25, -0.2) is 0 Å². The molecule has 3 rings (SSSR count). The van der Waals surface area contributed by atoms with Crippen LogP contribution in [-0.4, -0.2) is 4.98 Å². The number of hydrogen-bond acceptors (Lipinski definition) is 3. The molecule has 16 heavy (non-hydrogen) atoms. The number of hydrogen-bond donors (Lipinski definition) is 2. The molecule has 0 aliphatic heterocycles. The number of nitrogen functional groups attached to an aromatic ring is 1. The molecule has 3 nitrogen and oxygen atoms in total. The van der Waals surface area contributed by atoms with Gasteiger partial charge < -0.3 is 5.43 Å². The van der Waals surface area contributed by atoms with Gasteiger partial charge in [-0.15, -0.1) is 0 Å². The second-order valence-electron chi connectivity index (χ2n) is 4.28. The first-order valence-electron chi connectivity index (χ1n) is 5.77. The fourth-order valence-electron chi connectivity index (χ4n) is 2.54. The number of benzene rings is 1. The van der Waals surface area contributed by atoms with Gasteiger partial charge in [0.1, 0.15) is 0 Å². The van der Waals surface area contributed by atoms with Gasteiger partial charge >= 0.3 is 0 Å². The Balaban J connectivity index is 2.35. The molecular weight excluding hydrogens is 198 g/mol. The van der Waals surface area contributed by atoms with Crippen LogP contribution in [0.3, 0.4) is 0 Å². The summed E-state index contributed by atoms with van der Waals surface area (Å²) in [5, 5.41) is 1.13. The minimum absolute atomic E-state index is 1.04. The fourth-order valence-corrected chi connectivity index (χ4v) is 2.54. The second kappa shape index (κ2) is 3.76. The molecule has 1 aromatic carbocycles. The molecule has 3 heteroatoms. The predicted octanol–water partition coefficient (Wildman–Crippen LogP) is 2.40. The first-order chi connectivity index (χ1) is 7.90. The topological polar surface area (TPSA) is 50.9 Å². The molecule has 0 saturated heterocycles. The van der Waals surface area contributed by atoms with Crippen LogP contribution < -0.4 is 11.3 Å². The highest BCUT2D eigenvalue weighted by Gasteiger charge is 2.16. The SMILES string of the molecule is NNc1c2c(nc3ccccc13)CCCC2. The molecule has 2 aromatic rings. The molecule has 0 bridgehead atoms. The summed E-state index contributed by atoms with van der Waals surface area (Å²) in [5.74, 6) is 5.66. The van der Waals surface area contributed by atoms with Crippen molar-refractivity contribution < 1.29 is 0 Å². The summed E-state index contributed by atoms with van der Waals surface area (Å²) < 4.78 is 0. The third-order valence-electron chi connectivity index (χ3n) is 3.31. The molecule has 0 fully saturated rings. The molecule has 82 valence electrons. The van der Waals surface area contributed by atoms with Crippen LogP contribution in [0, 0.1) is 0 Å². The molecule has 1 aromatic heterocycles. The van der Waals surface area contributed by atoms with E-state index >= 15 is 0 Å². The van der Waals surface area contributed by atoms with Gasteiger partial charge in [0.2, 0.25) is 0 Å². The van der Waals surface area contributed by atoms with Crippen molar-refractivity contribution in [2.75, 3.05) is 5.43 Å². The lowest BCUT2D eigenvalue weighted by Gasteiger charge is -2.20. The van der Waals surface area contributed by atoms with Crippen molar-refractivity contribution in [2.24, 2.45) is 5.84 Å². The van der Waals surface area contributed by atoms with Gasteiger partial charge in [0, 0.05) is 11.1 Å². The van der Waals surface area contributed by atoms with E-state index in [1.165, 1.54) is 24.1 Å². The van der Waals surface area contributed by atoms with E-state index in [0.717, 1.165) is 29.4 Å². The average molecular weight is 213 g/mol. The van der Waals surface area contributed by atoms with Crippen molar-refractivity contribution >= 4 is 16.6 Å². The van der Waals surface area contributed by atoms with E-state index in [2.05, 4.69) is 11.5 Å². The van der Waals surface area contributed by atoms with Crippen LogP contribution in [0.15, 0.2) is 24.3 Å². The summed E-state index contributed by atoms with van der Waals surface area (Å²) >= 11 is 0. The quantitative estimate of drug-likeness (QED) is 0.565. The molecular formula is C13H15N3. The van der Waals surface area contributed by atoms with Crippen LogP contribution in [0.1, 0.15) is 24.1 Å². The van der Waals surface area contributed by atoms with E-state index in [4.69, 9.17) is 10.8 Å². The lowest BCUT2D eigenvalue weighted by molar-refractivity contribution is 0.672. The molecule has 0 atom stereocenters. The summed E-state index contributed by atoms with van der Waals surface area (Å²) in [4.78, 5) is 4.73. The number of pyridine rings is 1. The lowest BCUT2D eigenvalue weighted by atomic mass is 9.93. The maximum Gasteiger partial charge on any atom is 0.0726 e. The number of nitrogens with two attached hydrogens (primary N) is 1. The maximum atomic E-state index is 5.66. The number of aryl methyl sites for hydroxylation is 1. The van der Waals surface area contributed by atoms with E-state index in [1.54, 1.807) is 0 Å². The summed E-state index contributed by atoms with van der Waals surface area (Å²) in [6.45, 7) is 0. The highest BCUT2D eigenvalue weighted by Crippen LogP contribution is 2.32. The largest absolute Gasteiger partial charge is 0.323 e. The zero-order valence-corrected chi connectivity index (χ0v) is 9.16. The molecule has 0 radical (unpaired) electrons. The van der Waals surface area contributed by atoms with Crippen molar-refractivity contribution in [3.63, 3.8) is 0 Å². The fraction of sp³-hybridized carbons (Fsp3) is 0.308. The van der Waals surface area contributed by atoms with Crippen molar-refractivity contribution in [1.82, 2.24) is 4.98 Å². The maximum absolute atomic E-state index is 5.66. The highest BCUT2D eigenvalue weighted by molar-refractivity contribution is 5.93. The average Bonchev–Trinajstić information content (AvgIpc) is 2.36. The number of aromatic nitrogens is 1. The smallest absolute Gasteiger partial charge is 0.0726 e. The number of nitrogens with one attached hydrogen (secondary N) is 1. The van der Waals surface area contributed by atoms with Crippen molar-refractivity contribution in [1.29, 1.82) is 0 Å². The molecule has 0 unspecified atom stereocenters. The zero-order valence-electron chi connectivity index (χ0n) is 9.16. The highest BCUT2D eigenvalue weighted by atomic mass is 15.2. The third-order valence-corrected chi connectivity index (χ3v) is 3.31. The lowest BCUT2D eigenvalue weighted by Crippen LogP contribution is -2.15.